The summed E-state index contributed by atoms with van der Waals surface area (Å²) in [5, 5.41) is 0. The molecule has 2 rings (SSSR count). The topological polar surface area (TPSA) is 0 Å². The molecule has 1 radical (unpaired) electrons. The Morgan fingerprint density at radius 2 is 1.80 bits per heavy atom. The molecule has 0 N–H and O–H groups in total. The minimum Gasteiger partial charge on any atom is -0.207 e. The second-order valence-electron chi connectivity index (χ2n) is 3.52. The average Bonchev–Trinajstić information content (AvgIpc) is 2.28. The van der Waals surface area contributed by atoms with Crippen LogP contribution in [-0.4, -0.2) is 0 Å². The van der Waals surface area contributed by atoms with Crippen molar-refractivity contribution in [2.75, 3.05) is 0 Å². The number of hydrogen-bond acceptors (Lipinski definition) is 0. The van der Waals surface area contributed by atoms with Gasteiger partial charge in [-0.2, -0.15) is 0 Å². The van der Waals surface area contributed by atoms with Gasteiger partial charge in [0.1, 0.15) is 5.82 Å². The number of rotatable bonds is 3. The Labute approximate surface area is 89.4 Å². The molecular formula is C14H12F. The van der Waals surface area contributed by atoms with Crippen molar-refractivity contribution >= 4 is 0 Å². The van der Waals surface area contributed by atoms with Gasteiger partial charge in [0, 0.05) is 0 Å². The molecule has 0 saturated heterocycles. The van der Waals surface area contributed by atoms with E-state index in [9.17, 15) is 4.39 Å². The molecule has 75 valence electrons. The van der Waals surface area contributed by atoms with E-state index in [1.54, 1.807) is 12.1 Å². The van der Waals surface area contributed by atoms with Crippen LogP contribution in [-0.2, 0) is 12.8 Å². The van der Waals surface area contributed by atoms with Crippen molar-refractivity contribution in [1.29, 1.82) is 0 Å². The molecule has 0 aliphatic carbocycles. The van der Waals surface area contributed by atoms with Gasteiger partial charge in [-0.15, -0.1) is 0 Å². The van der Waals surface area contributed by atoms with Gasteiger partial charge in [0.05, 0.1) is 0 Å². The molecule has 0 fully saturated rings. The third-order valence-electron chi connectivity index (χ3n) is 2.35. The maximum Gasteiger partial charge on any atom is 0.123 e. The minimum absolute atomic E-state index is 0.184. The standard InChI is InChI=1S/C14H12F/c15-14-8-4-7-13(11-14)10-9-12-5-2-1-3-6-12/h1-6,8,11H,9-10H2. The first-order valence-corrected chi connectivity index (χ1v) is 5.04. The second kappa shape index (κ2) is 4.74. The van der Waals surface area contributed by atoms with E-state index in [1.165, 1.54) is 11.6 Å². The lowest BCUT2D eigenvalue weighted by atomic mass is 10.0. The van der Waals surface area contributed by atoms with E-state index in [1.807, 2.05) is 18.2 Å². The summed E-state index contributed by atoms with van der Waals surface area (Å²) in [6.07, 6.45) is 1.77. The number of hydrogen-bond donors (Lipinski definition) is 0. The van der Waals surface area contributed by atoms with Gasteiger partial charge in [0.15, 0.2) is 0 Å². The van der Waals surface area contributed by atoms with E-state index in [2.05, 4.69) is 18.2 Å². The summed E-state index contributed by atoms with van der Waals surface area (Å²) in [5.74, 6) is -0.184. The van der Waals surface area contributed by atoms with Crippen molar-refractivity contribution in [3.05, 3.63) is 71.5 Å². The third kappa shape index (κ3) is 2.91. The summed E-state index contributed by atoms with van der Waals surface area (Å²) in [5.41, 5.74) is 2.20. The average molecular weight is 199 g/mol. The Balaban J connectivity index is 1.99. The summed E-state index contributed by atoms with van der Waals surface area (Å²) in [6, 6.07) is 17.8. The van der Waals surface area contributed by atoms with Gasteiger partial charge in [-0.1, -0.05) is 36.4 Å². The molecule has 2 aromatic rings. The normalized spacial score (nSPS) is 10.2. The molecule has 0 aromatic heterocycles. The Morgan fingerprint density at radius 1 is 1.00 bits per heavy atom. The zero-order valence-corrected chi connectivity index (χ0v) is 8.41. The lowest BCUT2D eigenvalue weighted by Gasteiger charge is -2.01. The van der Waals surface area contributed by atoms with Crippen LogP contribution in [0, 0.1) is 11.9 Å². The van der Waals surface area contributed by atoms with E-state index in [0.29, 0.717) is 0 Å². The molecule has 0 nitrogen and oxygen atoms in total. The molecule has 0 amide bonds. The third-order valence-corrected chi connectivity index (χ3v) is 2.35. The van der Waals surface area contributed by atoms with E-state index >= 15 is 0 Å². The van der Waals surface area contributed by atoms with Crippen LogP contribution in [0.3, 0.4) is 0 Å². The van der Waals surface area contributed by atoms with Crippen LogP contribution in [0.1, 0.15) is 11.1 Å². The van der Waals surface area contributed by atoms with Crippen LogP contribution in [0.25, 0.3) is 0 Å². The highest BCUT2D eigenvalue weighted by molar-refractivity contribution is 5.19. The van der Waals surface area contributed by atoms with Crippen molar-refractivity contribution in [3.8, 4) is 0 Å². The van der Waals surface area contributed by atoms with Crippen molar-refractivity contribution < 1.29 is 4.39 Å². The van der Waals surface area contributed by atoms with Gasteiger partial charge < -0.3 is 0 Å². The van der Waals surface area contributed by atoms with Gasteiger partial charge in [-0.25, -0.2) is 4.39 Å². The Morgan fingerprint density at radius 3 is 2.53 bits per heavy atom. The van der Waals surface area contributed by atoms with Crippen molar-refractivity contribution in [2.24, 2.45) is 0 Å². The quantitative estimate of drug-likeness (QED) is 0.710. The molecule has 2 aromatic carbocycles. The Kier molecular flexibility index (Phi) is 3.13. The molecule has 0 atom stereocenters. The molecule has 0 unspecified atom stereocenters. The van der Waals surface area contributed by atoms with Crippen LogP contribution >= 0.6 is 0 Å². The number of aryl methyl sites for hydroxylation is 2. The first kappa shape index (κ1) is 9.91. The van der Waals surface area contributed by atoms with Crippen LogP contribution in [0.5, 0.6) is 0 Å². The highest BCUT2D eigenvalue weighted by atomic mass is 19.1. The van der Waals surface area contributed by atoms with E-state index < -0.39 is 0 Å². The lowest BCUT2D eigenvalue weighted by Crippen LogP contribution is -1.91. The van der Waals surface area contributed by atoms with Crippen LogP contribution in [0.4, 0.5) is 4.39 Å². The molecule has 0 heterocycles. The lowest BCUT2D eigenvalue weighted by molar-refractivity contribution is 0.625. The van der Waals surface area contributed by atoms with Crippen LogP contribution < -0.4 is 0 Å². The molecule has 0 aliphatic heterocycles. The second-order valence-corrected chi connectivity index (χ2v) is 3.52. The fourth-order valence-corrected chi connectivity index (χ4v) is 1.55. The Hall–Kier alpha value is -1.63. The predicted molar refractivity (Wildman–Crippen MR) is 59.1 cm³/mol. The number of halogens is 1. The molecule has 0 aliphatic rings. The predicted octanol–water partition coefficient (Wildman–Crippen LogP) is 3.41. The monoisotopic (exact) mass is 199 g/mol. The minimum atomic E-state index is -0.184. The largest absolute Gasteiger partial charge is 0.207 e. The van der Waals surface area contributed by atoms with Gasteiger partial charge in [-0.3, -0.25) is 0 Å². The van der Waals surface area contributed by atoms with E-state index in [4.69, 9.17) is 0 Å². The SMILES string of the molecule is Fc1cc[c]c(CCc2ccccc2)c1. The van der Waals surface area contributed by atoms with E-state index in [0.717, 1.165) is 18.4 Å². The van der Waals surface area contributed by atoms with Crippen molar-refractivity contribution in [1.82, 2.24) is 0 Å². The summed E-state index contributed by atoms with van der Waals surface area (Å²) in [4.78, 5) is 0. The maximum atomic E-state index is 12.9. The highest BCUT2D eigenvalue weighted by Crippen LogP contribution is 2.08. The summed E-state index contributed by atoms with van der Waals surface area (Å²) < 4.78 is 12.9. The fraction of sp³-hybridized carbons (Fsp3) is 0.143. The smallest absolute Gasteiger partial charge is 0.123 e. The van der Waals surface area contributed by atoms with Crippen molar-refractivity contribution in [3.63, 3.8) is 0 Å². The Bertz CT molecular complexity index is 420. The zero-order chi connectivity index (χ0) is 10.5. The molecule has 0 saturated carbocycles. The molecule has 0 bridgehead atoms. The first-order chi connectivity index (χ1) is 7.34. The zero-order valence-electron chi connectivity index (χ0n) is 8.41. The molecule has 0 spiro atoms. The van der Waals surface area contributed by atoms with E-state index in [-0.39, 0.29) is 5.82 Å². The van der Waals surface area contributed by atoms with Gasteiger partial charge >= 0.3 is 0 Å². The van der Waals surface area contributed by atoms with Crippen LogP contribution in [0.15, 0.2) is 48.5 Å². The fourth-order valence-electron chi connectivity index (χ4n) is 1.55. The molecular weight excluding hydrogens is 187 g/mol. The molecule has 1 heteroatoms. The van der Waals surface area contributed by atoms with Gasteiger partial charge in [0.2, 0.25) is 0 Å². The van der Waals surface area contributed by atoms with Crippen molar-refractivity contribution in [2.45, 2.75) is 12.8 Å². The number of benzene rings is 2. The highest BCUT2D eigenvalue weighted by Gasteiger charge is 1.96. The maximum absolute atomic E-state index is 12.9. The summed E-state index contributed by atoms with van der Waals surface area (Å²) in [6.45, 7) is 0. The van der Waals surface area contributed by atoms with Gasteiger partial charge in [-0.05, 0) is 42.2 Å². The molecule has 15 heavy (non-hydrogen) atoms. The van der Waals surface area contributed by atoms with Crippen LogP contribution in [0.2, 0.25) is 0 Å². The van der Waals surface area contributed by atoms with Gasteiger partial charge in [0.25, 0.3) is 0 Å². The first-order valence-electron chi connectivity index (χ1n) is 5.04. The summed E-state index contributed by atoms with van der Waals surface area (Å²) in [7, 11) is 0. The summed E-state index contributed by atoms with van der Waals surface area (Å²) >= 11 is 0.